The molecular formula is C13H20N2O3. The molecule has 1 aromatic rings. The number of hydrogen-bond acceptors (Lipinski definition) is 4. The van der Waals surface area contributed by atoms with Crippen molar-refractivity contribution < 1.29 is 14.3 Å². The molecule has 5 heteroatoms. The molecule has 1 aromatic carbocycles. The third-order valence-corrected chi connectivity index (χ3v) is 2.49. The summed E-state index contributed by atoms with van der Waals surface area (Å²) in [6.07, 6.45) is 0. The number of methoxy groups -OCH3 is 1. The number of likely N-dealkylation sites (N-methyl/N-ethyl adjacent to an activating group) is 1. The van der Waals surface area contributed by atoms with Crippen molar-refractivity contribution in [2.24, 2.45) is 5.73 Å². The number of nitrogens with zero attached hydrogens (tertiary/aromatic N) is 1. The van der Waals surface area contributed by atoms with Crippen molar-refractivity contribution in [3.63, 3.8) is 0 Å². The first-order chi connectivity index (χ1) is 8.67. The van der Waals surface area contributed by atoms with Crippen molar-refractivity contribution >= 4 is 5.91 Å². The van der Waals surface area contributed by atoms with Gasteiger partial charge in [0.1, 0.15) is 12.4 Å². The molecule has 0 aromatic heterocycles. The average Bonchev–Trinajstić information content (AvgIpc) is 2.39. The van der Waals surface area contributed by atoms with E-state index in [-0.39, 0.29) is 12.5 Å². The number of benzene rings is 1. The van der Waals surface area contributed by atoms with Gasteiger partial charge in [-0.2, -0.15) is 0 Å². The molecule has 18 heavy (non-hydrogen) atoms. The Morgan fingerprint density at radius 2 is 2.00 bits per heavy atom. The van der Waals surface area contributed by atoms with Gasteiger partial charge in [0.05, 0.1) is 13.7 Å². The number of nitrogens with two attached hydrogens (primary N) is 1. The maximum atomic E-state index is 11.7. The zero-order valence-corrected chi connectivity index (χ0v) is 10.9. The Balaban J connectivity index is 2.42. The van der Waals surface area contributed by atoms with E-state index >= 15 is 0 Å². The van der Waals surface area contributed by atoms with E-state index in [1.807, 2.05) is 24.3 Å². The van der Waals surface area contributed by atoms with Crippen LogP contribution in [0.15, 0.2) is 24.3 Å². The highest BCUT2D eigenvalue weighted by Crippen LogP contribution is 2.12. The van der Waals surface area contributed by atoms with Gasteiger partial charge in [0.25, 0.3) is 0 Å². The Morgan fingerprint density at radius 1 is 1.33 bits per heavy atom. The Hall–Kier alpha value is -1.59. The van der Waals surface area contributed by atoms with E-state index in [0.29, 0.717) is 19.7 Å². The van der Waals surface area contributed by atoms with Crippen LogP contribution >= 0.6 is 0 Å². The van der Waals surface area contributed by atoms with Crippen molar-refractivity contribution in [2.45, 2.75) is 6.54 Å². The van der Waals surface area contributed by atoms with Gasteiger partial charge in [-0.3, -0.25) is 4.79 Å². The summed E-state index contributed by atoms with van der Waals surface area (Å²) < 4.78 is 10.2. The first kappa shape index (κ1) is 14.5. The summed E-state index contributed by atoms with van der Waals surface area (Å²) in [4.78, 5) is 13.3. The standard InChI is InChI=1S/C13H20N2O3/c1-15(13(16)10-18-8-7-14)9-11-3-5-12(17-2)6-4-11/h3-6H,7-10,14H2,1-2H3. The molecule has 0 aliphatic rings. The van der Waals surface area contributed by atoms with Crippen molar-refractivity contribution in [1.82, 2.24) is 4.90 Å². The fraction of sp³-hybridized carbons (Fsp3) is 0.462. The van der Waals surface area contributed by atoms with Crippen LogP contribution in [0.2, 0.25) is 0 Å². The predicted molar refractivity (Wildman–Crippen MR) is 69.3 cm³/mol. The lowest BCUT2D eigenvalue weighted by molar-refractivity contribution is -0.135. The minimum Gasteiger partial charge on any atom is -0.497 e. The predicted octanol–water partition coefficient (Wildman–Crippen LogP) is 0.629. The van der Waals surface area contributed by atoms with E-state index in [4.69, 9.17) is 15.2 Å². The Labute approximate surface area is 107 Å². The van der Waals surface area contributed by atoms with E-state index in [2.05, 4.69) is 0 Å². The summed E-state index contributed by atoms with van der Waals surface area (Å²) in [5, 5.41) is 0. The van der Waals surface area contributed by atoms with Gasteiger partial charge in [0, 0.05) is 20.1 Å². The van der Waals surface area contributed by atoms with Gasteiger partial charge in [0.2, 0.25) is 5.91 Å². The third kappa shape index (κ3) is 4.73. The van der Waals surface area contributed by atoms with E-state index in [9.17, 15) is 4.79 Å². The topological polar surface area (TPSA) is 64.8 Å². The minimum absolute atomic E-state index is 0.0562. The lowest BCUT2D eigenvalue weighted by Gasteiger charge is -2.17. The zero-order valence-electron chi connectivity index (χ0n) is 10.9. The molecule has 0 aliphatic carbocycles. The van der Waals surface area contributed by atoms with Crippen LogP contribution in [0.5, 0.6) is 5.75 Å². The molecule has 1 amide bonds. The highest BCUT2D eigenvalue weighted by molar-refractivity contribution is 5.77. The summed E-state index contributed by atoms with van der Waals surface area (Å²) in [7, 11) is 3.37. The summed E-state index contributed by atoms with van der Waals surface area (Å²) >= 11 is 0. The van der Waals surface area contributed by atoms with Crippen LogP contribution in [-0.4, -0.2) is 44.7 Å². The highest BCUT2D eigenvalue weighted by atomic mass is 16.5. The zero-order chi connectivity index (χ0) is 13.4. The highest BCUT2D eigenvalue weighted by Gasteiger charge is 2.09. The molecule has 0 bridgehead atoms. The summed E-state index contributed by atoms with van der Waals surface area (Å²) in [6, 6.07) is 7.61. The van der Waals surface area contributed by atoms with Gasteiger partial charge in [-0.15, -0.1) is 0 Å². The fourth-order valence-corrected chi connectivity index (χ4v) is 1.45. The summed E-state index contributed by atoms with van der Waals surface area (Å²) in [5.74, 6) is 0.748. The minimum atomic E-state index is -0.0562. The Bertz CT molecular complexity index is 365. The van der Waals surface area contributed by atoms with Crippen molar-refractivity contribution in [2.75, 3.05) is 33.9 Å². The molecule has 0 atom stereocenters. The molecule has 0 saturated heterocycles. The molecule has 0 heterocycles. The number of hydrogen-bond donors (Lipinski definition) is 1. The molecule has 0 spiro atoms. The smallest absolute Gasteiger partial charge is 0.248 e. The van der Waals surface area contributed by atoms with Crippen LogP contribution in [0.25, 0.3) is 0 Å². The average molecular weight is 252 g/mol. The molecule has 2 N–H and O–H groups in total. The molecular weight excluding hydrogens is 232 g/mol. The quantitative estimate of drug-likeness (QED) is 0.723. The van der Waals surface area contributed by atoms with Crippen LogP contribution in [0.3, 0.4) is 0 Å². The van der Waals surface area contributed by atoms with E-state index < -0.39 is 0 Å². The fourth-order valence-electron chi connectivity index (χ4n) is 1.45. The first-order valence-electron chi connectivity index (χ1n) is 5.82. The van der Waals surface area contributed by atoms with Gasteiger partial charge in [0.15, 0.2) is 0 Å². The molecule has 0 aliphatic heterocycles. The number of carbonyl (C=O) groups excluding carboxylic acids is 1. The third-order valence-electron chi connectivity index (χ3n) is 2.49. The second-order valence-electron chi connectivity index (χ2n) is 3.94. The number of amides is 1. The molecule has 0 saturated carbocycles. The maximum Gasteiger partial charge on any atom is 0.248 e. The second kappa shape index (κ2) is 7.68. The van der Waals surface area contributed by atoms with E-state index in [1.54, 1.807) is 19.1 Å². The van der Waals surface area contributed by atoms with Crippen LogP contribution in [-0.2, 0) is 16.1 Å². The second-order valence-corrected chi connectivity index (χ2v) is 3.94. The molecule has 100 valence electrons. The largest absolute Gasteiger partial charge is 0.497 e. The van der Waals surface area contributed by atoms with Crippen LogP contribution in [0.1, 0.15) is 5.56 Å². The Kier molecular flexibility index (Phi) is 6.18. The first-order valence-corrected chi connectivity index (χ1v) is 5.82. The summed E-state index contributed by atoms with van der Waals surface area (Å²) in [6.45, 7) is 1.45. The molecule has 1 rings (SSSR count). The summed E-state index contributed by atoms with van der Waals surface area (Å²) in [5.41, 5.74) is 6.33. The normalized spacial score (nSPS) is 10.2. The van der Waals surface area contributed by atoms with Crippen molar-refractivity contribution in [3.05, 3.63) is 29.8 Å². The Morgan fingerprint density at radius 3 is 2.56 bits per heavy atom. The van der Waals surface area contributed by atoms with Gasteiger partial charge in [-0.05, 0) is 17.7 Å². The van der Waals surface area contributed by atoms with E-state index in [1.165, 1.54) is 0 Å². The van der Waals surface area contributed by atoms with Crippen LogP contribution in [0.4, 0.5) is 0 Å². The number of ether oxygens (including phenoxy) is 2. The number of carbonyl (C=O) groups is 1. The van der Waals surface area contributed by atoms with Gasteiger partial charge < -0.3 is 20.1 Å². The van der Waals surface area contributed by atoms with Gasteiger partial charge >= 0.3 is 0 Å². The van der Waals surface area contributed by atoms with Crippen LogP contribution < -0.4 is 10.5 Å². The van der Waals surface area contributed by atoms with Gasteiger partial charge in [-0.25, -0.2) is 0 Å². The molecule has 0 radical (unpaired) electrons. The molecule has 0 fully saturated rings. The lowest BCUT2D eigenvalue weighted by atomic mass is 10.2. The molecule has 0 unspecified atom stereocenters. The lowest BCUT2D eigenvalue weighted by Crippen LogP contribution is -2.30. The SMILES string of the molecule is COc1ccc(CN(C)C(=O)COCCN)cc1. The van der Waals surface area contributed by atoms with Crippen molar-refractivity contribution in [1.29, 1.82) is 0 Å². The van der Waals surface area contributed by atoms with Gasteiger partial charge in [-0.1, -0.05) is 12.1 Å². The van der Waals surface area contributed by atoms with E-state index in [0.717, 1.165) is 11.3 Å². The monoisotopic (exact) mass is 252 g/mol. The maximum absolute atomic E-state index is 11.7. The molecule has 5 nitrogen and oxygen atoms in total. The number of rotatable bonds is 7. The van der Waals surface area contributed by atoms with Crippen LogP contribution in [0, 0.1) is 0 Å². The van der Waals surface area contributed by atoms with Crippen molar-refractivity contribution in [3.8, 4) is 5.75 Å².